The number of nitrogens with zero attached hydrogens (tertiary/aromatic N) is 1. The summed E-state index contributed by atoms with van der Waals surface area (Å²) in [7, 11) is 0. The van der Waals surface area contributed by atoms with Gasteiger partial charge in [-0.25, -0.2) is 4.79 Å². The van der Waals surface area contributed by atoms with Gasteiger partial charge in [-0.2, -0.15) is 0 Å². The van der Waals surface area contributed by atoms with Gasteiger partial charge in [0.05, 0.1) is 6.61 Å². The monoisotopic (exact) mass is 604 g/mol. The van der Waals surface area contributed by atoms with Crippen LogP contribution in [0.3, 0.4) is 0 Å². The first kappa shape index (κ1) is 41.4. The predicted octanol–water partition coefficient (Wildman–Crippen LogP) is 12.8. The second-order valence-corrected chi connectivity index (χ2v) is 12.4. The number of carbonyl (C=O) groups is 1. The number of amides is 1. The summed E-state index contributed by atoms with van der Waals surface area (Å²) in [4.78, 5) is 13.1. The Morgan fingerprint density at radius 1 is 0.488 bits per heavy atom. The zero-order valence-corrected chi connectivity index (χ0v) is 28.9. The maximum Gasteiger partial charge on any atom is 0.407 e. The minimum absolute atomic E-state index is 0.488. The molecule has 0 aliphatic carbocycles. The molecule has 1 amide bonds. The molecular formula is C39H73NO3. The standard InChI is InChI=1S/C39H73NO3/c1-3-5-7-9-11-13-15-17-19-21-23-25-27-29-31-33-35-40(39(41)42)36-38-43-37-34-32-30-28-26-24-22-20-18-16-14-12-10-8-6-4-2/h11,13,17-20H,3-10,12,14-16,21-38H2,1-2H3,(H,41,42). The molecule has 4 heteroatoms. The van der Waals surface area contributed by atoms with Gasteiger partial charge in [0.15, 0.2) is 0 Å². The molecule has 0 saturated heterocycles. The van der Waals surface area contributed by atoms with Crippen LogP contribution in [-0.4, -0.2) is 42.4 Å². The van der Waals surface area contributed by atoms with E-state index in [1.54, 1.807) is 0 Å². The van der Waals surface area contributed by atoms with Gasteiger partial charge in [-0.1, -0.05) is 147 Å². The zero-order chi connectivity index (χ0) is 31.3. The maximum absolute atomic E-state index is 11.6. The van der Waals surface area contributed by atoms with Crippen LogP contribution in [0.15, 0.2) is 36.5 Å². The molecule has 0 atom stereocenters. The van der Waals surface area contributed by atoms with Gasteiger partial charge < -0.3 is 14.7 Å². The summed E-state index contributed by atoms with van der Waals surface area (Å²) in [5, 5.41) is 9.51. The number of allylic oxidation sites excluding steroid dienone is 6. The normalized spacial score (nSPS) is 12.0. The molecule has 0 spiro atoms. The van der Waals surface area contributed by atoms with Crippen LogP contribution in [0, 0.1) is 0 Å². The second kappa shape index (κ2) is 36.6. The Balaban J connectivity index is 3.46. The Morgan fingerprint density at radius 2 is 0.884 bits per heavy atom. The number of hydrogen-bond donors (Lipinski definition) is 1. The molecule has 4 nitrogen and oxygen atoms in total. The Hall–Kier alpha value is -1.55. The molecule has 0 fully saturated rings. The van der Waals surface area contributed by atoms with Gasteiger partial charge in [-0.3, -0.25) is 0 Å². The van der Waals surface area contributed by atoms with Crippen molar-refractivity contribution in [3.8, 4) is 0 Å². The molecule has 0 unspecified atom stereocenters. The van der Waals surface area contributed by atoms with Crippen LogP contribution in [0.1, 0.15) is 181 Å². The molecule has 0 rings (SSSR count). The SMILES string of the molecule is CCCCCC=CCC=CCCCCCCCCN(CCOCCCCCCCCC=CCCCCCCCC)C(=O)O. The number of hydrogen-bond acceptors (Lipinski definition) is 2. The van der Waals surface area contributed by atoms with Crippen molar-refractivity contribution in [2.24, 2.45) is 0 Å². The van der Waals surface area contributed by atoms with Gasteiger partial charge >= 0.3 is 6.09 Å². The van der Waals surface area contributed by atoms with E-state index in [2.05, 4.69) is 50.3 Å². The van der Waals surface area contributed by atoms with Gasteiger partial charge in [0.25, 0.3) is 0 Å². The van der Waals surface area contributed by atoms with E-state index in [1.165, 1.54) is 146 Å². The van der Waals surface area contributed by atoms with E-state index in [0.717, 1.165) is 32.3 Å². The fourth-order valence-corrected chi connectivity index (χ4v) is 5.32. The molecule has 1 N–H and O–H groups in total. The smallest absolute Gasteiger partial charge is 0.407 e. The first-order chi connectivity index (χ1) is 21.2. The average molecular weight is 604 g/mol. The molecule has 0 aliphatic rings. The van der Waals surface area contributed by atoms with Crippen LogP contribution in [0.2, 0.25) is 0 Å². The third kappa shape index (κ3) is 34.8. The number of ether oxygens (including phenoxy) is 1. The third-order valence-electron chi connectivity index (χ3n) is 8.21. The lowest BCUT2D eigenvalue weighted by Crippen LogP contribution is -2.33. The van der Waals surface area contributed by atoms with Crippen molar-refractivity contribution >= 4 is 6.09 Å². The second-order valence-electron chi connectivity index (χ2n) is 12.4. The summed E-state index contributed by atoms with van der Waals surface area (Å²) in [5.74, 6) is 0. The van der Waals surface area contributed by atoms with Gasteiger partial charge in [0, 0.05) is 19.7 Å². The summed E-state index contributed by atoms with van der Waals surface area (Å²) < 4.78 is 5.74. The van der Waals surface area contributed by atoms with Crippen molar-refractivity contribution in [2.45, 2.75) is 181 Å². The molecule has 0 radical (unpaired) electrons. The molecule has 252 valence electrons. The van der Waals surface area contributed by atoms with Crippen LogP contribution >= 0.6 is 0 Å². The summed E-state index contributed by atoms with van der Waals surface area (Å²) in [6.07, 6.45) is 45.9. The van der Waals surface area contributed by atoms with E-state index >= 15 is 0 Å². The van der Waals surface area contributed by atoms with Gasteiger partial charge in [0.2, 0.25) is 0 Å². The van der Waals surface area contributed by atoms with E-state index in [1.807, 2.05) is 0 Å². The molecule has 0 aromatic rings. The average Bonchev–Trinajstić information content (AvgIpc) is 3.00. The minimum Gasteiger partial charge on any atom is -0.465 e. The molecule has 0 heterocycles. The molecule has 0 saturated carbocycles. The lowest BCUT2D eigenvalue weighted by atomic mass is 10.1. The van der Waals surface area contributed by atoms with Crippen LogP contribution < -0.4 is 0 Å². The molecule has 0 aromatic heterocycles. The van der Waals surface area contributed by atoms with Crippen molar-refractivity contribution in [2.75, 3.05) is 26.3 Å². The van der Waals surface area contributed by atoms with Gasteiger partial charge in [0.1, 0.15) is 0 Å². The molecule has 43 heavy (non-hydrogen) atoms. The lowest BCUT2D eigenvalue weighted by Gasteiger charge is -2.19. The Bertz CT molecular complexity index is 642. The highest BCUT2D eigenvalue weighted by Gasteiger charge is 2.10. The third-order valence-corrected chi connectivity index (χ3v) is 8.21. The summed E-state index contributed by atoms with van der Waals surface area (Å²) in [5.41, 5.74) is 0. The predicted molar refractivity (Wildman–Crippen MR) is 189 cm³/mol. The van der Waals surface area contributed by atoms with E-state index in [4.69, 9.17) is 4.74 Å². The van der Waals surface area contributed by atoms with Gasteiger partial charge in [-0.05, 0) is 70.6 Å². The number of rotatable bonds is 34. The lowest BCUT2D eigenvalue weighted by molar-refractivity contribution is 0.0915. The van der Waals surface area contributed by atoms with E-state index in [-0.39, 0.29) is 0 Å². The molecular weight excluding hydrogens is 530 g/mol. The van der Waals surface area contributed by atoms with Crippen molar-refractivity contribution in [3.63, 3.8) is 0 Å². The van der Waals surface area contributed by atoms with Crippen molar-refractivity contribution in [3.05, 3.63) is 36.5 Å². The first-order valence-electron chi connectivity index (χ1n) is 18.7. The molecule has 0 aromatic carbocycles. The highest BCUT2D eigenvalue weighted by molar-refractivity contribution is 5.64. The van der Waals surface area contributed by atoms with E-state index in [0.29, 0.717) is 19.7 Å². The first-order valence-corrected chi connectivity index (χ1v) is 18.7. The van der Waals surface area contributed by atoms with Crippen LogP contribution in [0.25, 0.3) is 0 Å². The van der Waals surface area contributed by atoms with Gasteiger partial charge in [-0.15, -0.1) is 0 Å². The van der Waals surface area contributed by atoms with Crippen LogP contribution in [0.5, 0.6) is 0 Å². The van der Waals surface area contributed by atoms with E-state index in [9.17, 15) is 9.90 Å². The number of unbranched alkanes of at least 4 members (excludes halogenated alkanes) is 21. The fourth-order valence-electron chi connectivity index (χ4n) is 5.32. The number of carboxylic acid groups (broad SMARTS) is 1. The van der Waals surface area contributed by atoms with Crippen molar-refractivity contribution in [1.29, 1.82) is 0 Å². The maximum atomic E-state index is 11.6. The minimum atomic E-state index is -0.816. The summed E-state index contributed by atoms with van der Waals surface area (Å²) >= 11 is 0. The highest BCUT2D eigenvalue weighted by atomic mass is 16.5. The van der Waals surface area contributed by atoms with E-state index < -0.39 is 6.09 Å². The largest absolute Gasteiger partial charge is 0.465 e. The molecule has 0 bridgehead atoms. The van der Waals surface area contributed by atoms with Crippen LogP contribution in [0.4, 0.5) is 4.79 Å². The summed E-state index contributed by atoms with van der Waals surface area (Å²) in [6, 6.07) is 0. The molecule has 0 aliphatic heterocycles. The quantitative estimate of drug-likeness (QED) is 0.0588. The summed E-state index contributed by atoms with van der Waals surface area (Å²) in [6.45, 7) is 6.90. The Morgan fingerprint density at radius 3 is 1.40 bits per heavy atom. The van der Waals surface area contributed by atoms with Crippen molar-refractivity contribution in [1.82, 2.24) is 4.90 Å². The van der Waals surface area contributed by atoms with Crippen LogP contribution in [-0.2, 0) is 4.74 Å². The zero-order valence-electron chi connectivity index (χ0n) is 28.9. The Labute approximate surface area is 268 Å². The Kier molecular flexibility index (Phi) is 35.3. The topological polar surface area (TPSA) is 49.8 Å². The fraction of sp³-hybridized carbons (Fsp3) is 0.821. The highest BCUT2D eigenvalue weighted by Crippen LogP contribution is 2.11. The van der Waals surface area contributed by atoms with Crippen molar-refractivity contribution < 1.29 is 14.6 Å².